The second kappa shape index (κ2) is 11.1. The number of hydrogen-bond acceptors (Lipinski definition) is 7. The maximum atomic E-state index is 11.7. The van der Waals surface area contributed by atoms with Crippen molar-refractivity contribution in [1.82, 2.24) is 0 Å². The normalized spacial score (nSPS) is 33.6. The largest absolute Gasteiger partial charge is 0.509 e. The molecule has 2 rings (SSSR count). The third-order valence-corrected chi connectivity index (χ3v) is 4.86. The van der Waals surface area contributed by atoms with Crippen molar-refractivity contribution in [3.63, 3.8) is 0 Å². The van der Waals surface area contributed by atoms with E-state index in [9.17, 15) is 9.90 Å². The number of fused-ring (bicyclic) bond motifs is 1. The zero-order valence-corrected chi connectivity index (χ0v) is 16.2. The van der Waals surface area contributed by atoms with E-state index < -0.39 is 42.8 Å². The zero-order chi connectivity index (χ0) is 18.9. The summed E-state index contributed by atoms with van der Waals surface area (Å²) in [7, 11) is 0. The van der Waals surface area contributed by atoms with Crippen LogP contribution in [0.15, 0.2) is 0 Å². The maximum Gasteiger partial charge on any atom is 0.509 e. The quantitative estimate of drug-likeness (QED) is 0.415. The SMILES string of the molecule is CCCCOC1C(OCCCC)[C@H](OCCCC)C(O)C2OC(=O)O[C@@H]21. The molecule has 1 N–H and O–H groups in total. The minimum absolute atomic E-state index is 0.499. The van der Waals surface area contributed by atoms with Gasteiger partial charge in [0.05, 0.1) is 0 Å². The summed E-state index contributed by atoms with van der Waals surface area (Å²) in [5, 5.41) is 10.8. The Morgan fingerprint density at radius 3 is 1.77 bits per heavy atom. The van der Waals surface area contributed by atoms with Gasteiger partial charge in [-0.1, -0.05) is 40.0 Å². The first kappa shape index (κ1) is 21.4. The molecule has 7 nitrogen and oxygen atoms in total. The van der Waals surface area contributed by atoms with Crippen LogP contribution in [0.2, 0.25) is 0 Å². The van der Waals surface area contributed by atoms with Gasteiger partial charge in [0.1, 0.15) is 24.4 Å². The van der Waals surface area contributed by atoms with Crippen LogP contribution in [0, 0.1) is 0 Å². The molecule has 0 amide bonds. The first-order chi connectivity index (χ1) is 12.6. The molecule has 2 aliphatic rings. The molecule has 1 aliphatic carbocycles. The number of unbranched alkanes of at least 4 members (excludes halogenated alkanes) is 3. The highest BCUT2D eigenvalue weighted by Gasteiger charge is 2.59. The molecule has 0 bridgehead atoms. The van der Waals surface area contributed by atoms with E-state index in [1.165, 1.54) is 0 Å². The standard InChI is InChI=1S/C19H34O7/c1-4-7-10-22-14-13(20)15-18(26-19(21)25-15)17(24-12-9-6-3)16(14)23-11-8-5-2/h13-18,20H,4-12H2,1-3H3/t13?,14-,15?,16?,17?,18+/m1/s1. The van der Waals surface area contributed by atoms with Crippen molar-refractivity contribution in [3.05, 3.63) is 0 Å². The van der Waals surface area contributed by atoms with Gasteiger partial charge >= 0.3 is 6.16 Å². The fourth-order valence-electron chi connectivity index (χ4n) is 3.32. The van der Waals surface area contributed by atoms with E-state index in [0.29, 0.717) is 19.8 Å². The van der Waals surface area contributed by atoms with Crippen molar-refractivity contribution >= 4 is 6.16 Å². The molecule has 0 aromatic carbocycles. The predicted molar refractivity (Wildman–Crippen MR) is 95.1 cm³/mol. The smallest absolute Gasteiger partial charge is 0.424 e. The van der Waals surface area contributed by atoms with Gasteiger partial charge < -0.3 is 28.8 Å². The van der Waals surface area contributed by atoms with Gasteiger partial charge in [-0.15, -0.1) is 0 Å². The Balaban J connectivity index is 2.16. The highest BCUT2D eigenvalue weighted by atomic mass is 16.8. The molecule has 4 unspecified atom stereocenters. The minimum Gasteiger partial charge on any atom is -0.424 e. The molecule has 0 aromatic rings. The maximum absolute atomic E-state index is 11.7. The van der Waals surface area contributed by atoms with E-state index in [0.717, 1.165) is 38.5 Å². The molecule has 6 atom stereocenters. The third kappa shape index (κ3) is 5.31. The Kier molecular flexibility index (Phi) is 9.11. The Labute approximate surface area is 156 Å². The van der Waals surface area contributed by atoms with E-state index in [2.05, 4.69) is 20.8 Å². The molecular weight excluding hydrogens is 340 g/mol. The first-order valence-electron chi connectivity index (χ1n) is 10.0. The molecule has 26 heavy (non-hydrogen) atoms. The number of aliphatic hydroxyl groups excluding tert-OH is 1. The molecule has 2 fully saturated rings. The summed E-state index contributed by atoms with van der Waals surface area (Å²) in [4.78, 5) is 11.7. The van der Waals surface area contributed by atoms with E-state index in [1.54, 1.807) is 0 Å². The second-order valence-electron chi connectivity index (χ2n) is 6.97. The lowest BCUT2D eigenvalue weighted by Crippen LogP contribution is -2.65. The predicted octanol–water partition coefficient (Wildman–Crippen LogP) is 2.82. The van der Waals surface area contributed by atoms with Crippen molar-refractivity contribution in [3.8, 4) is 0 Å². The van der Waals surface area contributed by atoms with Crippen LogP contribution in [0.25, 0.3) is 0 Å². The van der Waals surface area contributed by atoms with Crippen molar-refractivity contribution < 1.29 is 33.6 Å². The monoisotopic (exact) mass is 374 g/mol. The summed E-state index contributed by atoms with van der Waals surface area (Å²) >= 11 is 0. The van der Waals surface area contributed by atoms with Crippen molar-refractivity contribution in [1.29, 1.82) is 0 Å². The van der Waals surface area contributed by atoms with Gasteiger partial charge in [-0.05, 0) is 19.3 Å². The number of aliphatic hydroxyl groups is 1. The van der Waals surface area contributed by atoms with Crippen LogP contribution < -0.4 is 0 Å². The highest BCUT2D eigenvalue weighted by Crippen LogP contribution is 2.35. The Hall–Kier alpha value is -0.890. The van der Waals surface area contributed by atoms with Gasteiger partial charge in [-0.25, -0.2) is 4.79 Å². The number of rotatable bonds is 12. The Bertz CT molecular complexity index is 417. The number of ether oxygens (including phenoxy) is 5. The average molecular weight is 374 g/mol. The van der Waals surface area contributed by atoms with Crippen molar-refractivity contribution in [2.45, 2.75) is 95.9 Å². The van der Waals surface area contributed by atoms with Crippen LogP contribution in [0.5, 0.6) is 0 Å². The van der Waals surface area contributed by atoms with E-state index in [-0.39, 0.29) is 0 Å². The van der Waals surface area contributed by atoms with E-state index in [4.69, 9.17) is 23.7 Å². The van der Waals surface area contributed by atoms with Crippen molar-refractivity contribution in [2.24, 2.45) is 0 Å². The summed E-state index contributed by atoms with van der Waals surface area (Å²) in [5.74, 6) is 0. The zero-order valence-electron chi connectivity index (χ0n) is 16.2. The lowest BCUT2D eigenvalue weighted by atomic mass is 9.84. The molecule has 152 valence electrons. The fraction of sp³-hybridized carbons (Fsp3) is 0.947. The Morgan fingerprint density at radius 1 is 0.769 bits per heavy atom. The highest BCUT2D eigenvalue weighted by molar-refractivity contribution is 5.63. The third-order valence-electron chi connectivity index (χ3n) is 4.86. The van der Waals surface area contributed by atoms with Crippen LogP contribution in [-0.4, -0.2) is 67.7 Å². The van der Waals surface area contributed by atoms with E-state index >= 15 is 0 Å². The molecule has 1 saturated heterocycles. The summed E-state index contributed by atoms with van der Waals surface area (Å²) in [5.41, 5.74) is 0. The summed E-state index contributed by atoms with van der Waals surface area (Å²) < 4.78 is 28.6. The molecule has 1 aliphatic heterocycles. The van der Waals surface area contributed by atoms with Crippen molar-refractivity contribution in [2.75, 3.05) is 19.8 Å². The van der Waals surface area contributed by atoms with Gasteiger partial charge in [-0.2, -0.15) is 0 Å². The lowest BCUT2D eigenvalue weighted by Gasteiger charge is -2.44. The molecule has 1 saturated carbocycles. The summed E-state index contributed by atoms with van der Waals surface area (Å²) in [6.45, 7) is 7.84. The topological polar surface area (TPSA) is 83.5 Å². The minimum atomic E-state index is -0.999. The summed E-state index contributed by atoms with van der Waals surface area (Å²) in [6, 6.07) is 0. The van der Waals surface area contributed by atoms with E-state index in [1.807, 2.05) is 0 Å². The average Bonchev–Trinajstić information content (AvgIpc) is 3.02. The van der Waals surface area contributed by atoms with Crippen LogP contribution in [0.3, 0.4) is 0 Å². The van der Waals surface area contributed by atoms with Gasteiger partial charge in [0.2, 0.25) is 0 Å². The fourth-order valence-corrected chi connectivity index (χ4v) is 3.32. The molecule has 0 radical (unpaired) electrons. The molecule has 1 heterocycles. The molecular formula is C19H34O7. The van der Waals surface area contributed by atoms with Gasteiger partial charge in [0.25, 0.3) is 0 Å². The Morgan fingerprint density at radius 2 is 1.23 bits per heavy atom. The lowest BCUT2D eigenvalue weighted by molar-refractivity contribution is -0.234. The van der Waals surface area contributed by atoms with Gasteiger partial charge in [0.15, 0.2) is 12.2 Å². The van der Waals surface area contributed by atoms with Crippen LogP contribution in [0.1, 0.15) is 59.3 Å². The summed E-state index contributed by atoms with van der Waals surface area (Å²) in [6.07, 6.45) is 0.825. The molecule has 0 aromatic heterocycles. The van der Waals surface area contributed by atoms with Gasteiger partial charge in [0, 0.05) is 19.8 Å². The van der Waals surface area contributed by atoms with Crippen LogP contribution in [-0.2, 0) is 23.7 Å². The molecule has 0 spiro atoms. The number of carbonyl (C=O) groups excluding carboxylic acids is 1. The van der Waals surface area contributed by atoms with Crippen LogP contribution in [0.4, 0.5) is 4.79 Å². The number of carbonyl (C=O) groups is 1. The molecule has 7 heteroatoms. The number of hydrogen-bond donors (Lipinski definition) is 1. The second-order valence-corrected chi connectivity index (χ2v) is 6.97. The van der Waals surface area contributed by atoms with Crippen LogP contribution >= 0.6 is 0 Å². The first-order valence-corrected chi connectivity index (χ1v) is 10.0. The van der Waals surface area contributed by atoms with Gasteiger partial charge in [-0.3, -0.25) is 0 Å².